The van der Waals surface area contributed by atoms with E-state index in [1.54, 1.807) is 36.4 Å². The van der Waals surface area contributed by atoms with Crippen LogP contribution in [0.15, 0.2) is 58.2 Å². The Morgan fingerprint density at radius 2 is 1.88 bits per heavy atom. The number of carbonyl (C=O) groups is 1. The van der Waals surface area contributed by atoms with Crippen LogP contribution in [0, 0.1) is 17.1 Å². The van der Waals surface area contributed by atoms with Crippen LogP contribution in [0.4, 0.5) is 10.1 Å². The lowest BCUT2D eigenvalue weighted by molar-refractivity contribution is -0.113. The van der Waals surface area contributed by atoms with E-state index < -0.39 is 0 Å². The Kier molecular flexibility index (Phi) is 5.61. The molecule has 0 spiro atoms. The van der Waals surface area contributed by atoms with Gasteiger partial charge in [-0.05, 0) is 42.0 Å². The number of nitriles is 1. The van der Waals surface area contributed by atoms with Gasteiger partial charge >= 0.3 is 0 Å². The van der Waals surface area contributed by atoms with E-state index in [9.17, 15) is 9.18 Å². The minimum Gasteiger partial charge on any atom is -0.411 e. The molecule has 1 heterocycles. The molecule has 1 N–H and O–H groups in total. The summed E-state index contributed by atoms with van der Waals surface area (Å²) in [5.74, 6) is -0.198. The lowest BCUT2D eigenvalue weighted by Crippen LogP contribution is -2.13. The number of hydrogen-bond donors (Lipinski definition) is 1. The van der Waals surface area contributed by atoms with Crippen LogP contribution in [0.25, 0.3) is 11.5 Å². The lowest BCUT2D eigenvalue weighted by Gasteiger charge is -2.04. The van der Waals surface area contributed by atoms with Crippen molar-refractivity contribution >= 4 is 23.4 Å². The monoisotopic (exact) mass is 368 g/mol. The largest absolute Gasteiger partial charge is 0.411 e. The summed E-state index contributed by atoms with van der Waals surface area (Å²) in [6.45, 7) is 0. The van der Waals surface area contributed by atoms with Gasteiger partial charge in [0.1, 0.15) is 5.82 Å². The van der Waals surface area contributed by atoms with Crippen molar-refractivity contribution in [2.45, 2.75) is 11.6 Å². The Morgan fingerprint density at radius 3 is 2.58 bits per heavy atom. The maximum atomic E-state index is 12.9. The number of carbonyl (C=O) groups excluding carboxylic acids is 1. The van der Waals surface area contributed by atoms with Crippen molar-refractivity contribution in [1.82, 2.24) is 10.2 Å². The molecule has 0 aliphatic heterocycles. The van der Waals surface area contributed by atoms with Gasteiger partial charge in [-0.15, -0.1) is 10.2 Å². The van der Waals surface area contributed by atoms with Crippen LogP contribution in [-0.4, -0.2) is 21.9 Å². The average Bonchev–Trinajstić information content (AvgIpc) is 3.11. The summed E-state index contributed by atoms with van der Waals surface area (Å²) >= 11 is 1.11. The zero-order valence-corrected chi connectivity index (χ0v) is 14.3. The fourth-order valence-electron chi connectivity index (χ4n) is 2.10. The smallest absolute Gasteiger partial charge is 0.277 e. The van der Waals surface area contributed by atoms with Crippen molar-refractivity contribution in [1.29, 1.82) is 5.26 Å². The lowest BCUT2D eigenvalue weighted by atomic mass is 10.1. The summed E-state index contributed by atoms with van der Waals surface area (Å²) in [5.41, 5.74) is 2.14. The average molecular weight is 368 g/mol. The predicted molar refractivity (Wildman–Crippen MR) is 94.8 cm³/mol. The van der Waals surface area contributed by atoms with Crippen LogP contribution in [0.2, 0.25) is 0 Å². The Balaban J connectivity index is 1.53. The summed E-state index contributed by atoms with van der Waals surface area (Å²) in [5, 5.41) is 19.4. The Labute approximate surface area is 153 Å². The highest BCUT2D eigenvalue weighted by molar-refractivity contribution is 7.99. The summed E-state index contributed by atoms with van der Waals surface area (Å²) in [6, 6.07) is 14.8. The number of anilines is 1. The summed E-state index contributed by atoms with van der Waals surface area (Å²) in [7, 11) is 0. The molecule has 1 amide bonds. The Hall–Kier alpha value is -3.18. The quantitative estimate of drug-likeness (QED) is 0.668. The van der Waals surface area contributed by atoms with E-state index in [0.717, 1.165) is 17.3 Å². The van der Waals surface area contributed by atoms with Gasteiger partial charge < -0.3 is 9.73 Å². The van der Waals surface area contributed by atoms with Gasteiger partial charge in [0, 0.05) is 11.3 Å². The first kappa shape index (κ1) is 17.6. The van der Waals surface area contributed by atoms with Crippen LogP contribution in [0.1, 0.15) is 5.56 Å². The molecule has 0 fully saturated rings. The van der Waals surface area contributed by atoms with Gasteiger partial charge in [-0.2, -0.15) is 5.26 Å². The first-order valence-electron chi connectivity index (χ1n) is 7.62. The van der Waals surface area contributed by atoms with Crippen LogP contribution in [-0.2, 0) is 11.2 Å². The molecule has 0 unspecified atom stereocenters. The number of nitrogens with one attached hydrogen (secondary N) is 1. The molecule has 26 heavy (non-hydrogen) atoms. The summed E-state index contributed by atoms with van der Waals surface area (Å²) in [4.78, 5) is 12.0. The molecule has 0 saturated heterocycles. The van der Waals surface area contributed by atoms with Gasteiger partial charge in [-0.1, -0.05) is 23.9 Å². The van der Waals surface area contributed by atoms with E-state index in [1.165, 1.54) is 12.1 Å². The third kappa shape index (κ3) is 4.68. The molecule has 0 aliphatic rings. The van der Waals surface area contributed by atoms with E-state index in [4.69, 9.17) is 9.68 Å². The zero-order chi connectivity index (χ0) is 18.4. The maximum Gasteiger partial charge on any atom is 0.277 e. The van der Waals surface area contributed by atoms with Gasteiger partial charge in [0.25, 0.3) is 5.22 Å². The van der Waals surface area contributed by atoms with Gasteiger partial charge in [0.05, 0.1) is 18.2 Å². The predicted octanol–water partition coefficient (Wildman–Crippen LogP) is 3.67. The van der Waals surface area contributed by atoms with E-state index in [2.05, 4.69) is 21.6 Å². The number of aromatic nitrogens is 2. The van der Waals surface area contributed by atoms with Crippen molar-refractivity contribution < 1.29 is 13.6 Å². The van der Waals surface area contributed by atoms with Crippen LogP contribution in [0.3, 0.4) is 0 Å². The van der Waals surface area contributed by atoms with E-state index in [0.29, 0.717) is 17.7 Å². The fourth-order valence-corrected chi connectivity index (χ4v) is 2.66. The van der Waals surface area contributed by atoms with Gasteiger partial charge in [0.15, 0.2) is 0 Å². The molecule has 1 aromatic heterocycles. The number of nitrogens with zero attached hydrogens (tertiary/aromatic N) is 3. The second-order valence-electron chi connectivity index (χ2n) is 5.25. The van der Waals surface area contributed by atoms with E-state index >= 15 is 0 Å². The highest BCUT2D eigenvalue weighted by Crippen LogP contribution is 2.23. The molecular weight excluding hydrogens is 355 g/mol. The first-order valence-corrected chi connectivity index (χ1v) is 8.60. The highest BCUT2D eigenvalue weighted by atomic mass is 32.2. The fraction of sp³-hybridized carbons (Fsp3) is 0.111. The van der Waals surface area contributed by atoms with Crippen molar-refractivity contribution in [3.05, 3.63) is 59.9 Å². The minimum absolute atomic E-state index is 0.102. The van der Waals surface area contributed by atoms with Gasteiger partial charge in [-0.3, -0.25) is 4.79 Å². The van der Waals surface area contributed by atoms with E-state index in [-0.39, 0.29) is 28.6 Å². The highest BCUT2D eigenvalue weighted by Gasteiger charge is 2.11. The standard InChI is InChI=1S/C18H13FN4O2S/c19-14-5-3-13(4-6-14)17-22-23-18(25-17)26-11-16(24)21-15-7-1-12(2-8-15)9-10-20/h1-8H,9,11H2,(H,21,24). The first-order chi connectivity index (χ1) is 12.6. The molecule has 130 valence electrons. The van der Waals surface area contributed by atoms with Crippen molar-refractivity contribution in [3.8, 4) is 17.5 Å². The van der Waals surface area contributed by atoms with Crippen molar-refractivity contribution in [2.75, 3.05) is 11.1 Å². The number of thioether (sulfide) groups is 1. The Morgan fingerprint density at radius 1 is 1.15 bits per heavy atom. The second-order valence-corrected chi connectivity index (χ2v) is 6.18. The topological polar surface area (TPSA) is 91.8 Å². The summed E-state index contributed by atoms with van der Waals surface area (Å²) in [6.07, 6.45) is 0.331. The zero-order valence-electron chi connectivity index (χ0n) is 13.5. The Bertz CT molecular complexity index is 933. The SMILES string of the molecule is N#CCc1ccc(NC(=O)CSc2nnc(-c3ccc(F)cc3)o2)cc1. The molecule has 8 heteroatoms. The number of amides is 1. The van der Waals surface area contributed by atoms with E-state index in [1.807, 2.05) is 0 Å². The molecule has 0 aliphatic carbocycles. The normalized spacial score (nSPS) is 10.3. The van der Waals surface area contributed by atoms with Crippen LogP contribution in [0.5, 0.6) is 0 Å². The minimum atomic E-state index is -0.347. The number of rotatable bonds is 6. The molecule has 6 nitrogen and oxygen atoms in total. The van der Waals surface area contributed by atoms with Crippen molar-refractivity contribution in [2.24, 2.45) is 0 Å². The third-order valence-electron chi connectivity index (χ3n) is 3.35. The van der Waals surface area contributed by atoms with Gasteiger partial charge in [-0.25, -0.2) is 4.39 Å². The summed E-state index contributed by atoms with van der Waals surface area (Å²) < 4.78 is 18.4. The number of benzene rings is 2. The third-order valence-corrected chi connectivity index (χ3v) is 4.16. The molecule has 0 bridgehead atoms. The molecule has 0 radical (unpaired) electrons. The molecule has 3 rings (SSSR count). The number of halogens is 1. The van der Waals surface area contributed by atoms with Crippen LogP contribution < -0.4 is 5.32 Å². The molecule has 3 aromatic rings. The number of hydrogen-bond acceptors (Lipinski definition) is 6. The molecule has 2 aromatic carbocycles. The van der Waals surface area contributed by atoms with Crippen molar-refractivity contribution in [3.63, 3.8) is 0 Å². The second kappa shape index (κ2) is 8.27. The molecular formula is C18H13FN4O2S. The maximum absolute atomic E-state index is 12.9. The molecule has 0 atom stereocenters. The van der Waals surface area contributed by atoms with Crippen LogP contribution >= 0.6 is 11.8 Å². The van der Waals surface area contributed by atoms with Gasteiger partial charge in [0.2, 0.25) is 11.8 Å². The molecule has 0 saturated carbocycles.